The molecular formula is C26H33F4N3O3. The zero-order chi connectivity index (χ0) is 26.8. The van der Waals surface area contributed by atoms with E-state index < -0.39 is 34.5 Å². The van der Waals surface area contributed by atoms with Crippen molar-refractivity contribution in [1.29, 1.82) is 0 Å². The van der Waals surface area contributed by atoms with Crippen LogP contribution in [0.3, 0.4) is 0 Å². The van der Waals surface area contributed by atoms with E-state index in [-0.39, 0.29) is 24.0 Å². The third kappa shape index (κ3) is 4.34. The lowest BCUT2D eigenvalue weighted by Crippen LogP contribution is -2.60. The number of alkyl halides is 3. The summed E-state index contributed by atoms with van der Waals surface area (Å²) in [4.78, 5) is 28.8. The summed E-state index contributed by atoms with van der Waals surface area (Å²) in [6.07, 6.45) is -2.78. The summed E-state index contributed by atoms with van der Waals surface area (Å²) >= 11 is 0. The van der Waals surface area contributed by atoms with Gasteiger partial charge in [-0.05, 0) is 65.8 Å². The summed E-state index contributed by atoms with van der Waals surface area (Å²) in [6.45, 7) is 7.91. The van der Waals surface area contributed by atoms with Gasteiger partial charge in [-0.2, -0.15) is 13.2 Å². The highest BCUT2D eigenvalue weighted by Crippen LogP contribution is 2.46. The summed E-state index contributed by atoms with van der Waals surface area (Å²) in [5, 5.41) is 10.1. The van der Waals surface area contributed by atoms with Crippen molar-refractivity contribution < 1.29 is 33.7 Å². The number of rotatable bonds is 3. The number of likely N-dealkylation sites (tertiary alicyclic amines) is 1. The van der Waals surface area contributed by atoms with E-state index in [0.717, 1.165) is 6.07 Å². The Balaban J connectivity index is 0.00000380. The fourth-order valence-electron chi connectivity index (χ4n) is 5.66. The number of nitrogens with zero attached hydrogens (tertiary/aromatic N) is 3. The standard InChI is InChI=1S/C26H31F4N3O3.H2/c1-23(2)15-31(5)25(20-13-17(14-33(20)23)21(34)26(28,29)30)8-10-32(11-9-25)22(35)16-6-7-18(19(27)12-16)24(3,4)36;/h6-7,12-14,36H,8-11,15H2,1-5H3;1H. The van der Waals surface area contributed by atoms with Crippen LogP contribution in [0.4, 0.5) is 17.6 Å². The molecule has 0 radical (unpaired) electrons. The van der Waals surface area contributed by atoms with E-state index in [1.54, 1.807) is 9.47 Å². The predicted molar refractivity (Wildman–Crippen MR) is 127 cm³/mol. The van der Waals surface area contributed by atoms with Crippen LogP contribution in [0, 0.1) is 5.82 Å². The Morgan fingerprint density at radius 3 is 2.19 bits per heavy atom. The first-order valence-electron chi connectivity index (χ1n) is 11.9. The first kappa shape index (κ1) is 26.3. The van der Waals surface area contributed by atoms with E-state index in [4.69, 9.17) is 0 Å². The van der Waals surface area contributed by atoms with Gasteiger partial charge in [-0.25, -0.2) is 4.39 Å². The van der Waals surface area contributed by atoms with Gasteiger partial charge in [0, 0.05) is 49.6 Å². The maximum absolute atomic E-state index is 14.6. The topological polar surface area (TPSA) is 65.8 Å². The molecule has 1 aromatic heterocycles. The first-order valence-corrected chi connectivity index (χ1v) is 11.9. The van der Waals surface area contributed by atoms with Gasteiger partial charge in [-0.1, -0.05) is 6.07 Å². The Morgan fingerprint density at radius 1 is 1.06 bits per heavy atom. The zero-order valence-corrected chi connectivity index (χ0v) is 21.0. The SMILES string of the molecule is CN1CC(C)(C)n2cc(C(=O)C(F)(F)F)cc2C12CCN(C(=O)c1ccc(C(C)(C)O)c(F)c1)CC2.[HH]. The molecule has 2 aliphatic rings. The maximum Gasteiger partial charge on any atom is 0.454 e. The van der Waals surface area contributed by atoms with Crippen LogP contribution in [0.5, 0.6) is 0 Å². The molecule has 0 aliphatic carbocycles. The number of hydrogen-bond acceptors (Lipinski definition) is 4. The van der Waals surface area contributed by atoms with Gasteiger partial charge in [0.15, 0.2) is 0 Å². The normalized spacial score (nSPS) is 19.9. The highest BCUT2D eigenvalue weighted by Gasteiger charge is 2.50. The van der Waals surface area contributed by atoms with E-state index in [2.05, 4.69) is 4.90 Å². The van der Waals surface area contributed by atoms with Crippen molar-refractivity contribution in [3.63, 3.8) is 0 Å². The molecule has 198 valence electrons. The van der Waals surface area contributed by atoms with Gasteiger partial charge >= 0.3 is 6.18 Å². The monoisotopic (exact) mass is 511 g/mol. The molecule has 1 spiro atoms. The molecule has 3 heterocycles. The lowest BCUT2D eigenvalue weighted by Gasteiger charge is -2.54. The maximum atomic E-state index is 14.6. The number of aliphatic hydroxyl groups is 1. The smallest absolute Gasteiger partial charge is 0.386 e. The van der Waals surface area contributed by atoms with E-state index in [1.165, 1.54) is 38.2 Å². The molecule has 1 aromatic carbocycles. The average molecular weight is 512 g/mol. The first-order chi connectivity index (χ1) is 16.5. The van der Waals surface area contributed by atoms with Crippen LogP contribution in [0.1, 0.15) is 73.9 Å². The summed E-state index contributed by atoms with van der Waals surface area (Å²) in [5.74, 6) is -2.90. The Bertz CT molecular complexity index is 1210. The van der Waals surface area contributed by atoms with Crippen molar-refractivity contribution >= 4 is 11.7 Å². The van der Waals surface area contributed by atoms with Gasteiger partial charge < -0.3 is 14.6 Å². The van der Waals surface area contributed by atoms with E-state index in [1.807, 2.05) is 20.9 Å². The molecule has 36 heavy (non-hydrogen) atoms. The lowest BCUT2D eigenvalue weighted by molar-refractivity contribution is -0.0885. The number of amides is 1. The van der Waals surface area contributed by atoms with Gasteiger partial charge in [0.2, 0.25) is 0 Å². The van der Waals surface area contributed by atoms with E-state index >= 15 is 0 Å². The number of ketones is 1. The quantitative estimate of drug-likeness (QED) is 0.481. The minimum atomic E-state index is -4.97. The number of benzene rings is 1. The zero-order valence-electron chi connectivity index (χ0n) is 21.0. The van der Waals surface area contributed by atoms with Crippen LogP contribution in [0.25, 0.3) is 0 Å². The van der Waals surface area contributed by atoms with Gasteiger partial charge in [0.25, 0.3) is 11.7 Å². The molecule has 1 amide bonds. The minimum absolute atomic E-state index is 0. The Hall–Kier alpha value is -2.72. The summed E-state index contributed by atoms with van der Waals surface area (Å²) < 4.78 is 55.8. The summed E-state index contributed by atoms with van der Waals surface area (Å²) in [5.41, 5.74) is -2.07. The highest BCUT2D eigenvalue weighted by molar-refractivity contribution is 6.00. The number of likely N-dealkylation sites (N-methyl/N-ethyl adjacent to an activating group) is 1. The van der Waals surface area contributed by atoms with Gasteiger partial charge in [0.1, 0.15) is 5.82 Å². The molecule has 6 nitrogen and oxygen atoms in total. The van der Waals surface area contributed by atoms with Crippen LogP contribution < -0.4 is 0 Å². The fraction of sp³-hybridized carbons (Fsp3) is 0.538. The van der Waals surface area contributed by atoms with Crippen molar-refractivity contribution in [2.24, 2.45) is 0 Å². The molecule has 1 N–H and O–H groups in total. The van der Waals surface area contributed by atoms with Crippen molar-refractivity contribution in [1.82, 2.24) is 14.4 Å². The molecule has 10 heteroatoms. The van der Waals surface area contributed by atoms with Crippen LogP contribution in [0.15, 0.2) is 30.5 Å². The molecule has 2 aliphatic heterocycles. The molecular weight excluding hydrogens is 478 g/mol. The molecule has 0 atom stereocenters. The second-order valence-corrected chi connectivity index (χ2v) is 11.1. The van der Waals surface area contributed by atoms with Crippen molar-refractivity contribution in [2.75, 3.05) is 26.7 Å². The van der Waals surface area contributed by atoms with Gasteiger partial charge in [0.05, 0.1) is 16.7 Å². The van der Waals surface area contributed by atoms with Crippen molar-refractivity contribution in [3.05, 3.63) is 58.7 Å². The summed E-state index contributed by atoms with van der Waals surface area (Å²) in [6, 6.07) is 5.35. The number of Topliss-reactive ketones (excluding diaryl/α,β-unsaturated/α-hetero) is 1. The second kappa shape index (κ2) is 8.41. The predicted octanol–water partition coefficient (Wildman–Crippen LogP) is 4.66. The fourth-order valence-corrected chi connectivity index (χ4v) is 5.66. The number of carbonyl (C=O) groups is 2. The van der Waals surface area contributed by atoms with E-state index in [9.17, 15) is 32.3 Å². The average Bonchev–Trinajstić information content (AvgIpc) is 3.23. The Kier molecular flexibility index (Phi) is 6.16. The third-order valence-corrected chi connectivity index (χ3v) is 7.58. The molecule has 0 unspecified atom stereocenters. The van der Waals surface area contributed by atoms with Crippen molar-refractivity contribution in [2.45, 2.75) is 63.4 Å². The van der Waals surface area contributed by atoms with Crippen LogP contribution in [-0.4, -0.2) is 64.0 Å². The molecule has 0 saturated carbocycles. The number of halogens is 4. The second-order valence-electron chi connectivity index (χ2n) is 11.1. The molecule has 0 bridgehead atoms. The molecule has 4 rings (SSSR count). The van der Waals surface area contributed by atoms with Gasteiger partial charge in [-0.3, -0.25) is 14.5 Å². The van der Waals surface area contributed by atoms with Crippen LogP contribution >= 0.6 is 0 Å². The number of carbonyl (C=O) groups excluding carboxylic acids is 2. The third-order valence-electron chi connectivity index (χ3n) is 7.58. The van der Waals surface area contributed by atoms with Crippen LogP contribution in [-0.2, 0) is 16.7 Å². The Morgan fingerprint density at radius 2 is 1.67 bits per heavy atom. The largest absolute Gasteiger partial charge is 0.454 e. The number of fused-ring (bicyclic) bond motifs is 2. The van der Waals surface area contributed by atoms with Gasteiger partial charge in [-0.15, -0.1) is 0 Å². The Labute approximate surface area is 209 Å². The number of hydrogen-bond donors (Lipinski definition) is 1. The minimum Gasteiger partial charge on any atom is -0.386 e. The van der Waals surface area contributed by atoms with Crippen LogP contribution in [0.2, 0.25) is 0 Å². The highest BCUT2D eigenvalue weighted by atomic mass is 19.4. The molecule has 2 aromatic rings. The summed E-state index contributed by atoms with van der Waals surface area (Å²) in [7, 11) is 1.91. The number of aromatic nitrogens is 1. The molecule has 1 saturated heterocycles. The number of piperidine rings is 1. The van der Waals surface area contributed by atoms with Crippen molar-refractivity contribution in [3.8, 4) is 0 Å². The molecule has 1 fully saturated rings. The lowest BCUT2D eigenvalue weighted by atomic mass is 9.78. The van der Waals surface area contributed by atoms with E-state index in [0.29, 0.717) is 38.2 Å².